The van der Waals surface area contributed by atoms with Crippen LogP contribution in [0.3, 0.4) is 0 Å². The lowest BCUT2D eigenvalue weighted by atomic mass is 9.74. The third-order valence-electron chi connectivity index (χ3n) is 3.67. The van der Waals surface area contributed by atoms with Gasteiger partial charge in [-0.3, -0.25) is 0 Å². The maximum Gasteiger partial charge on any atom is 0.0955 e. The molecule has 0 saturated heterocycles. The highest BCUT2D eigenvalue weighted by atomic mass is 32.1. The summed E-state index contributed by atoms with van der Waals surface area (Å²) in [6, 6.07) is 2.14. The Balaban J connectivity index is 2.41. The van der Waals surface area contributed by atoms with Crippen molar-refractivity contribution in [1.29, 1.82) is 0 Å². The summed E-state index contributed by atoms with van der Waals surface area (Å²) in [6.45, 7) is 6.44. The number of aliphatic hydroxyl groups is 1. The fourth-order valence-electron chi connectivity index (χ4n) is 2.53. The molecule has 1 N–H and O–H groups in total. The average molecular weight is 210 g/mol. The summed E-state index contributed by atoms with van der Waals surface area (Å²) in [7, 11) is 0. The first kappa shape index (κ1) is 10.2. The Hall–Kier alpha value is -0.340. The molecule has 0 amide bonds. The van der Waals surface area contributed by atoms with Crippen LogP contribution in [0.15, 0.2) is 11.4 Å². The summed E-state index contributed by atoms with van der Waals surface area (Å²) < 4.78 is 0. The number of hydrogen-bond donors (Lipinski definition) is 1. The van der Waals surface area contributed by atoms with Crippen LogP contribution in [0.4, 0.5) is 0 Å². The Morgan fingerprint density at radius 3 is 2.50 bits per heavy atom. The predicted octanol–water partition coefficient (Wildman–Crippen LogP) is 3.45. The fourth-order valence-corrected chi connectivity index (χ4v) is 3.30. The largest absolute Gasteiger partial charge is 0.385 e. The van der Waals surface area contributed by atoms with Crippen molar-refractivity contribution < 1.29 is 5.11 Å². The zero-order chi connectivity index (χ0) is 10.4. The summed E-state index contributed by atoms with van der Waals surface area (Å²) in [5.41, 5.74) is 0.570. The van der Waals surface area contributed by atoms with Crippen LogP contribution in [-0.2, 0) is 5.60 Å². The van der Waals surface area contributed by atoms with Gasteiger partial charge in [0, 0.05) is 4.88 Å². The molecule has 0 aromatic carbocycles. The van der Waals surface area contributed by atoms with Gasteiger partial charge in [-0.25, -0.2) is 0 Å². The van der Waals surface area contributed by atoms with Crippen LogP contribution in [0.25, 0.3) is 0 Å². The van der Waals surface area contributed by atoms with E-state index in [1.807, 2.05) is 0 Å². The summed E-state index contributed by atoms with van der Waals surface area (Å²) in [4.78, 5) is 1.29. The molecule has 0 aliphatic heterocycles. The number of rotatable bonds is 1. The molecule has 1 aliphatic carbocycles. The Morgan fingerprint density at radius 2 is 2.07 bits per heavy atom. The highest BCUT2D eigenvalue weighted by molar-refractivity contribution is 7.10. The predicted molar refractivity (Wildman–Crippen MR) is 60.6 cm³/mol. The van der Waals surface area contributed by atoms with Crippen LogP contribution in [-0.4, -0.2) is 5.11 Å². The molecule has 2 heteroatoms. The molecule has 14 heavy (non-hydrogen) atoms. The van der Waals surface area contributed by atoms with Crippen molar-refractivity contribution >= 4 is 11.3 Å². The number of hydrogen-bond acceptors (Lipinski definition) is 2. The molecular formula is C12H18OS. The first-order valence-electron chi connectivity index (χ1n) is 5.24. The normalized spacial score (nSPS) is 30.9. The van der Waals surface area contributed by atoms with Crippen molar-refractivity contribution in [2.75, 3.05) is 0 Å². The smallest absolute Gasteiger partial charge is 0.0955 e. The third-order valence-corrected chi connectivity index (χ3v) is 4.53. The van der Waals surface area contributed by atoms with Gasteiger partial charge in [0.25, 0.3) is 0 Å². The van der Waals surface area contributed by atoms with Crippen LogP contribution in [0.1, 0.15) is 43.6 Å². The van der Waals surface area contributed by atoms with Gasteiger partial charge in [0.2, 0.25) is 0 Å². The van der Waals surface area contributed by atoms with Gasteiger partial charge in [-0.15, -0.1) is 11.3 Å². The molecule has 0 bridgehead atoms. The van der Waals surface area contributed by atoms with Gasteiger partial charge in [0.05, 0.1) is 5.60 Å². The second-order valence-electron chi connectivity index (χ2n) is 5.04. The lowest BCUT2D eigenvalue weighted by molar-refractivity contribution is -0.0481. The molecule has 0 spiro atoms. The number of thiophene rings is 1. The monoisotopic (exact) mass is 210 g/mol. The van der Waals surface area contributed by atoms with E-state index in [9.17, 15) is 5.11 Å². The highest BCUT2D eigenvalue weighted by Crippen LogP contribution is 2.52. The van der Waals surface area contributed by atoms with Crippen molar-refractivity contribution in [3.63, 3.8) is 0 Å². The molecule has 1 unspecified atom stereocenters. The van der Waals surface area contributed by atoms with E-state index in [-0.39, 0.29) is 5.41 Å². The van der Waals surface area contributed by atoms with E-state index >= 15 is 0 Å². The number of aryl methyl sites for hydroxylation is 1. The summed E-state index contributed by atoms with van der Waals surface area (Å²) in [5.74, 6) is 0. The second kappa shape index (κ2) is 3.07. The Kier molecular flexibility index (Phi) is 2.24. The van der Waals surface area contributed by atoms with Crippen LogP contribution in [0, 0.1) is 12.3 Å². The standard InChI is InChI=1S/C12H18OS/c1-9-7-10(8-14-9)12(13)6-4-5-11(12,2)3/h7-8,13H,4-6H2,1-3H3. The van der Waals surface area contributed by atoms with E-state index in [2.05, 4.69) is 32.2 Å². The van der Waals surface area contributed by atoms with Crippen molar-refractivity contribution in [3.8, 4) is 0 Å². The Labute approximate surface area is 89.8 Å². The van der Waals surface area contributed by atoms with Gasteiger partial charge in [-0.05, 0) is 48.6 Å². The molecule has 1 aliphatic rings. The van der Waals surface area contributed by atoms with E-state index in [4.69, 9.17) is 0 Å². The molecular weight excluding hydrogens is 192 g/mol. The quantitative estimate of drug-likeness (QED) is 0.752. The van der Waals surface area contributed by atoms with E-state index in [0.717, 1.165) is 24.8 Å². The average Bonchev–Trinajstić information content (AvgIpc) is 2.60. The minimum absolute atomic E-state index is 0.0283. The summed E-state index contributed by atoms with van der Waals surface area (Å²) >= 11 is 1.73. The molecule has 1 fully saturated rings. The minimum atomic E-state index is -0.586. The maximum absolute atomic E-state index is 10.7. The molecule has 1 heterocycles. The van der Waals surface area contributed by atoms with Gasteiger partial charge >= 0.3 is 0 Å². The molecule has 0 radical (unpaired) electrons. The lowest BCUT2D eigenvalue weighted by Gasteiger charge is -2.36. The van der Waals surface area contributed by atoms with Crippen LogP contribution in [0.5, 0.6) is 0 Å². The van der Waals surface area contributed by atoms with E-state index in [1.165, 1.54) is 4.88 Å². The molecule has 78 valence electrons. The third kappa shape index (κ3) is 1.32. The van der Waals surface area contributed by atoms with E-state index in [0.29, 0.717) is 0 Å². The van der Waals surface area contributed by atoms with Gasteiger partial charge in [0.15, 0.2) is 0 Å². The fraction of sp³-hybridized carbons (Fsp3) is 0.667. The SMILES string of the molecule is Cc1cc(C2(O)CCCC2(C)C)cs1. The van der Waals surface area contributed by atoms with Crippen molar-refractivity contribution in [1.82, 2.24) is 0 Å². The van der Waals surface area contributed by atoms with Crippen LogP contribution >= 0.6 is 11.3 Å². The van der Waals surface area contributed by atoms with E-state index < -0.39 is 5.60 Å². The minimum Gasteiger partial charge on any atom is -0.385 e. The Morgan fingerprint density at radius 1 is 1.36 bits per heavy atom. The Bertz CT molecular complexity index is 340. The van der Waals surface area contributed by atoms with Crippen LogP contribution in [0.2, 0.25) is 0 Å². The van der Waals surface area contributed by atoms with Gasteiger partial charge in [0.1, 0.15) is 0 Å². The van der Waals surface area contributed by atoms with Crippen molar-refractivity contribution in [3.05, 3.63) is 21.9 Å². The lowest BCUT2D eigenvalue weighted by Crippen LogP contribution is -2.36. The van der Waals surface area contributed by atoms with E-state index in [1.54, 1.807) is 11.3 Å². The van der Waals surface area contributed by atoms with Crippen molar-refractivity contribution in [2.24, 2.45) is 5.41 Å². The molecule has 1 nitrogen and oxygen atoms in total. The summed E-state index contributed by atoms with van der Waals surface area (Å²) in [5, 5.41) is 12.8. The topological polar surface area (TPSA) is 20.2 Å². The molecule has 1 saturated carbocycles. The molecule has 1 aromatic heterocycles. The zero-order valence-electron chi connectivity index (χ0n) is 9.13. The first-order valence-corrected chi connectivity index (χ1v) is 6.12. The van der Waals surface area contributed by atoms with Gasteiger partial charge < -0.3 is 5.11 Å². The first-order chi connectivity index (χ1) is 6.46. The zero-order valence-corrected chi connectivity index (χ0v) is 9.95. The second-order valence-corrected chi connectivity index (χ2v) is 6.16. The maximum atomic E-state index is 10.7. The highest BCUT2D eigenvalue weighted by Gasteiger charge is 2.48. The molecule has 2 rings (SSSR count). The molecule has 1 atom stereocenters. The van der Waals surface area contributed by atoms with Gasteiger partial charge in [-0.2, -0.15) is 0 Å². The van der Waals surface area contributed by atoms with Crippen LogP contribution < -0.4 is 0 Å². The van der Waals surface area contributed by atoms with Gasteiger partial charge in [-0.1, -0.05) is 13.8 Å². The van der Waals surface area contributed by atoms with Crippen molar-refractivity contribution in [2.45, 2.75) is 45.6 Å². The summed E-state index contributed by atoms with van der Waals surface area (Å²) in [6.07, 6.45) is 3.17. The molecule has 1 aromatic rings.